The number of nitrogens with zero attached hydrogens (tertiary/aromatic N) is 2. The van der Waals surface area contributed by atoms with Crippen molar-refractivity contribution in [1.82, 2.24) is 4.98 Å². The van der Waals surface area contributed by atoms with Crippen molar-refractivity contribution in [2.45, 2.75) is 32.0 Å². The van der Waals surface area contributed by atoms with Crippen LogP contribution in [0.25, 0.3) is 0 Å². The number of nitrogens with one attached hydrogen (secondary N) is 1. The Labute approximate surface area is 201 Å². The zero-order valence-corrected chi connectivity index (χ0v) is 20.0. The normalized spacial score (nSPS) is 15.7. The van der Waals surface area contributed by atoms with Gasteiger partial charge in [0.1, 0.15) is 11.5 Å². The number of benzene rings is 2. The van der Waals surface area contributed by atoms with Gasteiger partial charge < -0.3 is 29.5 Å². The van der Waals surface area contributed by atoms with Crippen molar-refractivity contribution in [3.8, 4) is 11.5 Å². The monoisotopic (exact) mass is 463 g/mol. The standard InChI is InChI=1S/C27H33N3O4/c1-4-14-33-22-8-5-20(6-9-22)30(2)21-7-10-23-19(12-15-34-26(23)16-21)17-29-25-18-28-13-11-24(25)27(31)32-3/h5-11,13,16,18-19,27,29,31H,4,12,14-15,17H2,1-3H3/t19-,27?/m0/s1. The lowest BCUT2D eigenvalue weighted by atomic mass is 9.92. The Hall–Kier alpha value is -3.29. The zero-order chi connectivity index (χ0) is 23.9. The number of aromatic nitrogens is 1. The molecule has 0 amide bonds. The average molecular weight is 464 g/mol. The molecule has 0 aliphatic carbocycles. The van der Waals surface area contributed by atoms with Crippen molar-refractivity contribution in [2.75, 3.05) is 44.1 Å². The molecule has 0 spiro atoms. The SMILES string of the molecule is CCCOc1ccc(N(C)c2ccc3c(c2)OCC[C@H]3CNc2cnccc2C(O)OC)cc1. The average Bonchev–Trinajstić information content (AvgIpc) is 2.90. The molecule has 7 nitrogen and oxygen atoms in total. The van der Waals surface area contributed by atoms with Crippen LogP contribution in [0.5, 0.6) is 11.5 Å². The van der Waals surface area contributed by atoms with E-state index >= 15 is 0 Å². The number of hydrogen-bond donors (Lipinski definition) is 2. The van der Waals surface area contributed by atoms with Gasteiger partial charge in [-0.25, -0.2) is 0 Å². The fraction of sp³-hybridized carbons (Fsp3) is 0.370. The minimum Gasteiger partial charge on any atom is -0.494 e. The molecule has 1 aromatic heterocycles. The third kappa shape index (κ3) is 5.43. The van der Waals surface area contributed by atoms with Crippen LogP contribution in [0.3, 0.4) is 0 Å². The predicted octanol–water partition coefficient (Wildman–Crippen LogP) is 5.25. The van der Waals surface area contributed by atoms with E-state index in [9.17, 15) is 5.11 Å². The van der Waals surface area contributed by atoms with Crippen LogP contribution in [0.1, 0.15) is 43.1 Å². The van der Waals surface area contributed by atoms with Crippen molar-refractivity contribution < 1.29 is 19.3 Å². The first-order chi connectivity index (χ1) is 16.6. The predicted molar refractivity (Wildman–Crippen MR) is 134 cm³/mol. The fourth-order valence-electron chi connectivity index (χ4n) is 4.14. The summed E-state index contributed by atoms with van der Waals surface area (Å²) in [6.45, 7) is 4.20. The molecule has 180 valence electrons. The maximum atomic E-state index is 10.1. The molecule has 2 heterocycles. The van der Waals surface area contributed by atoms with Crippen LogP contribution in [0.4, 0.5) is 17.1 Å². The summed E-state index contributed by atoms with van der Waals surface area (Å²) in [5.74, 6) is 2.08. The van der Waals surface area contributed by atoms with E-state index in [1.54, 1.807) is 18.5 Å². The number of methoxy groups -OCH3 is 1. The third-order valence-electron chi connectivity index (χ3n) is 6.13. The molecule has 2 N–H and O–H groups in total. The summed E-state index contributed by atoms with van der Waals surface area (Å²) in [5.41, 5.74) is 4.77. The number of aliphatic hydroxyl groups excluding tert-OH is 1. The topological polar surface area (TPSA) is 76.1 Å². The molecule has 0 saturated heterocycles. The summed E-state index contributed by atoms with van der Waals surface area (Å²) in [4.78, 5) is 6.32. The highest BCUT2D eigenvalue weighted by atomic mass is 16.6. The lowest BCUT2D eigenvalue weighted by molar-refractivity contribution is -0.0764. The van der Waals surface area contributed by atoms with Gasteiger partial charge in [-0.2, -0.15) is 0 Å². The second kappa shape index (κ2) is 11.2. The van der Waals surface area contributed by atoms with E-state index in [4.69, 9.17) is 14.2 Å². The minimum atomic E-state index is -0.988. The van der Waals surface area contributed by atoms with Crippen molar-refractivity contribution in [2.24, 2.45) is 0 Å². The number of fused-ring (bicyclic) bond motifs is 1. The van der Waals surface area contributed by atoms with Crippen LogP contribution < -0.4 is 19.7 Å². The molecule has 1 aliphatic rings. The highest BCUT2D eigenvalue weighted by Crippen LogP contribution is 2.38. The van der Waals surface area contributed by atoms with E-state index in [1.807, 2.05) is 12.1 Å². The molecule has 7 heteroatoms. The maximum Gasteiger partial charge on any atom is 0.182 e. The molecule has 3 aromatic rings. The summed E-state index contributed by atoms with van der Waals surface area (Å²) in [6.07, 6.45) is 4.28. The first-order valence-electron chi connectivity index (χ1n) is 11.7. The Bertz CT molecular complexity index is 1070. The Kier molecular flexibility index (Phi) is 7.87. The summed E-state index contributed by atoms with van der Waals surface area (Å²) in [6, 6.07) is 16.3. The van der Waals surface area contributed by atoms with E-state index < -0.39 is 6.29 Å². The second-order valence-electron chi connectivity index (χ2n) is 8.39. The lowest BCUT2D eigenvalue weighted by Crippen LogP contribution is -2.22. The molecule has 2 aromatic carbocycles. The fourth-order valence-corrected chi connectivity index (χ4v) is 4.14. The van der Waals surface area contributed by atoms with Gasteiger partial charge in [-0.1, -0.05) is 13.0 Å². The van der Waals surface area contributed by atoms with Crippen LogP contribution in [-0.4, -0.2) is 44.0 Å². The van der Waals surface area contributed by atoms with Crippen LogP contribution in [-0.2, 0) is 4.74 Å². The van der Waals surface area contributed by atoms with Gasteiger partial charge in [0, 0.05) is 55.8 Å². The van der Waals surface area contributed by atoms with Crippen molar-refractivity contribution >= 4 is 17.1 Å². The van der Waals surface area contributed by atoms with Crippen molar-refractivity contribution in [1.29, 1.82) is 0 Å². The third-order valence-corrected chi connectivity index (χ3v) is 6.13. The first kappa shape index (κ1) is 23.9. The molecule has 0 radical (unpaired) electrons. The summed E-state index contributed by atoms with van der Waals surface area (Å²) < 4.78 is 16.8. The number of pyridine rings is 1. The van der Waals surface area contributed by atoms with E-state index in [1.165, 1.54) is 12.7 Å². The zero-order valence-electron chi connectivity index (χ0n) is 20.0. The summed E-state index contributed by atoms with van der Waals surface area (Å²) in [7, 11) is 3.53. The number of hydrogen-bond acceptors (Lipinski definition) is 7. The van der Waals surface area contributed by atoms with Gasteiger partial charge in [-0.15, -0.1) is 0 Å². The van der Waals surface area contributed by atoms with E-state index in [2.05, 4.69) is 59.5 Å². The largest absolute Gasteiger partial charge is 0.494 e. The van der Waals surface area contributed by atoms with Crippen LogP contribution in [0, 0.1) is 0 Å². The second-order valence-corrected chi connectivity index (χ2v) is 8.39. The van der Waals surface area contributed by atoms with Crippen LogP contribution >= 0.6 is 0 Å². The van der Waals surface area contributed by atoms with E-state index in [0.29, 0.717) is 18.7 Å². The van der Waals surface area contributed by atoms with Gasteiger partial charge in [0.2, 0.25) is 0 Å². The highest BCUT2D eigenvalue weighted by Gasteiger charge is 2.23. The molecule has 34 heavy (non-hydrogen) atoms. The van der Waals surface area contributed by atoms with Gasteiger partial charge in [-0.3, -0.25) is 4.98 Å². The van der Waals surface area contributed by atoms with E-state index in [0.717, 1.165) is 48.0 Å². The molecule has 0 fully saturated rings. The van der Waals surface area contributed by atoms with Gasteiger partial charge in [-0.05, 0) is 54.8 Å². The first-order valence-corrected chi connectivity index (χ1v) is 11.7. The smallest absolute Gasteiger partial charge is 0.182 e. The Morgan fingerprint density at radius 2 is 1.97 bits per heavy atom. The maximum absolute atomic E-state index is 10.1. The lowest BCUT2D eigenvalue weighted by Gasteiger charge is -2.29. The Morgan fingerprint density at radius 3 is 2.74 bits per heavy atom. The van der Waals surface area contributed by atoms with Gasteiger partial charge >= 0.3 is 0 Å². The summed E-state index contributed by atoms with van der Waals surface area (Å²) >= 11 is 0. The molecular formula is C27H33N3O4. The number of anilines is 3. The van der Waals surface area contributed by atoms with Crippen LogP contribution in [0.2, 0.25) is 0 Å². The molecule has 2 atom stereocenters. The quantitative estimate of drug-likeness (QED) is 0.398. The van der Waals surface area contributed by atoms with Crippen molar-refractivity contribution in [3.05, 3.63) is 72.1 Å². The summed E-state index contributed by atoms with van der Waals surface area (Å²) in [5, 5.41) is 13.6. The Balaban J connectivity index is 1.46. The van der Waals surface area contributed by atoms with Crippen molar-refractivity contribution in [3.63, 3.8) is 0 Å². The van der Waals surface area contributed by atoms with Gasteiger partial charge in [0.25, 0.3) is 0 Å². The molecule has 0 saturated carbocycles. The number of rotatable bonds is 10. The number of ether oxygens (including phenoxy) is 3. The molecule has 1 unspecified atom stereocenters. The van der Waals surface area contributed by atoms with Gasteiger partial charge in [0.05, 0.1) is 25.1 Å². The molecular weight excluding hydrogens is 430 g/mol. The molecule has 0 bridgehead atoms. The van der Waals surface area contributed by atoms with E-state index in [-0.39, 0.29) is 5.92 Å². The highest BCUT2D eigenvalue weighted by molar-refractivity contribution is 5.66. The van der Waals surface area contributed by atoms with Gasteiger partial charge in [0.15, 0.2) is 6.29 Å². The number of aliphatic hydroxyl groups is 1. The molecule has 4 rings (SSSR count). The molecule has 1 aliphatic heterocycles. The Morgan fingerprint density at radius 1 is 1.18 bits per heavy atom. The van der Waals surface area contributed by atoms with Crippen LogP contribution in [0.15, 0.2) is 60.9 Å². The minimum absolute atomic E-state index is 0.283.